The van der Waals surface area contributed by atoms with Crippen LogP contribution in [-0.4, -0.2) is 25.7 Å². The van der Waals surface area contributed by atoms with Crippen molar-refractivity contribution in [2.24, 2.45) is 5.92 Å². The maximum Gasteiger partial charge on any atom is 0.418 e. The van der Waals surface area contributed by atoms with Crippen molar-refractivity contribution in [3.05, 3.63) is 28.8 Å². The van der Waals surface area contributed by atoms with Crippen LogP contribution in [0.2, 0.25) is 5.02 Å². The van der Waals surface area contributed by atoms with E-state index in [1.807, 2.05) is 4.90 Å². The average Bonchev–Trinajstić information content (AvgIpc) is 2.45. The smallest absolute Gasteiger partial charge is 0.368 e. The normalized spacial score (nSPS) is 21.4. The van der Waals surface area contributed by atoms with Gasteiger partial charge in [-0.3, -0.25) is 0 Å². The molecule has 2 atom stereocenters. The number of alkyl halides is 3. The predicted octanol–water partition coefficient (Wildman–Crippen LogP) is 4.18. The van der Waals surface area contributed by atoms with Crippen LogP contribution >= 0.6 is 11.6 Å². The van der Waals surface area contributed by atoms with Gasteiger partial charge in [-0.15, -0.1) is 0 Å². The van der Waals surface area contributed by atoms with Gasteiger partial charge >= 0.3 is 6.18 Å². The minimum absolute atomic E-state index is 0.111. The fraction of sp³-hybridized carbons (Fsp3) is 0.600. The van der Waals surface area contributed by atoms with E-state index in [0.29, 0.717) is 25.6 Å². The summed E-state index contributed by atoms with van der Waals surface area (Å²) in [6, 6.07) is 4.22. The van der Waals surface area contributed by atoms with Gasteiger partial charge in [0.15, 0.2) is 0 Å². The van der Waals surface area contributed by atoms with E-state index in [9.17, 15) is 13.2 Å². The summed E-state index contributed by atoms with van der Waals surface area (Å²) in [5.74, 6) is 0.425. The van der Waals surface area contributed by atoms with Crippen molar-refractivity contribution in [1.82, 2.24) is 5.32 Å². The maximum atomic E-state index is 13.2. The Morgan fingerprint density at radius 3 is 2.76 bits per heavy atom. The highest BCUT2D eigenvalue weighted by Gasteiger charge is 2.36. The van der Waals surface area contributed by atoms with E-state index >= 15 is 0 Å². The number of piperazine rings is 1. The quantitative estimate of drug-likeness (QED) is 0.898. The molecule has 118 valence electrons. The lowest BCUT2D eigenvalue weighted by molar-refractivity contribution is -0.137. The summed E-state index contributed by atoms with van der Waals surface area (Å²) >= 11 is 5.73. The van der Waals surface area contributed by atoms with Gasteiger partial charge in [-0.1, -0.05) is 31.9 Å². The van der Waals surface area contributed by atoms with Crippen molar-refractivity contribution in [2.75, 3.05) is 24.5 Å². The fourth-order valence-corrected chi connectivity index (χ4v) is 2.85. The van der Waals surface area contributed by atoms with Crippen LogP contribution in [0, 0.1) is 5.92 Å². The molecule has 2 nitrogen and oxygen atoms in total. The number of nitrogens with zero attached hydrogens (tertiary/aromatic N) is 1. The highest BCUT2D eigenvalue weighted by atomic mass is 35.5. The molecule has 1 aliphatic rings. The minimum atomic E-state index is -4.39. The Labute approximate surface area is 128 Å². The summed E-state index contributed by atoms with van der Waals surface area (Å²) < 4.78 is 39.6. The Hall–Kier alpha value is -0.940. The van der Waals surface area contributed by atoms with Crippen molar-refractivity contribution in [3.8, 4) is 0 Å². The van der Waals surface area contributed by atoms with Gasteiger partial charge in [0, 0.05) is 36.4 Å². The van der Waals surface area contributed by atoms with Gasteiger partial charge in [0.25, 0.3) is 0 Å². The topological polar surface area (TPSA) is 15.3 Å². The van der Waals surface area contributed by atoms with Gasteiger partial charge in [0.2, 0.25) is 0 Å². The van der Waals surface area contributed by atoms with Gasteiger partial charge in [0.1, 0.15) is 0 Å². The van der Waals surface area contributed by atoms with Crippen molar-refractivity contribution in [2.45, 2.75) is 32.5 Å². The SMILES string of the molecule is CCC(C)C1CN(c2ccc(Cl)cc2C(F)(F)F)CCN1. The van der Waals surface area contributed by atoms with Crippen LogP contribution in [0.25, 0.3) is 0 Å². The molecular weight excluding hydrogens is 301 g/mol. The predicted molar refractivity (Wildman–Crippen MR) is 79.9 cm³/mol. The van der Waals surface area contributed by atoms with Gasteiger partial charge in [-0.05, 0) is 24.1 Å². The fourth-order valence-electron chi connectivity index (χ4n) is 2.67. The van der Waals surface area contributed by atoms with Gasteiger partial charge in [-0.25, -0.2) is 0 Å². The number of halogens is 4. The molecule has 2 rings (SSSR count). The van der Waals surface area contributed by atoms with Gasteiger partial charge in [0.05, 0.1) is 5.56 Å². The van der Waals surface area contributed by atoms with Crippen molar-refractivity contribution < 1.29 is 13.2 Å². The molecular formula is C15H20ClF3N2. The van der Waals surface area contributed by atoms with E-state index in [1.165, 1.54) is 12.1 Å². The third-order valence-electron chi connectivity index (χ3n) is 4.14. The number of hydrogen-bond acceptors (Lipinski definition) is 2. The zero-order chi connectivity index (χ0) is 15.6. The highest BCUT2D eigenvalue weighted by Crippen LogP contribution is 2.38. The van der Waals surface area contributed by atoms with E-state index in [1.54, 1.807) is 0 Å². The van der Waals surface area contributed by atoms with Crippen LogP contribution in [0.1, 0.15) is 25.8 Å². The molecule has 0 aromatic heterocycles. The largest absolute Gasteiger partial charge is 0.418 e. The van der Waals surface area contributed by atoms with Crippen LogP contribution in [-0.2, 0) is 6.18 Å². The molecule has 1 heterocycles. The molecule has 21 heavy (non-hydrogen) atoms. The summed E-state index contributed by atoms with van der Waals surface area (Å²) in [5.41, 5.74) is -0.429. The van der Waals surface area contributed by atoms with E-state index in [4.69, 9.17) is 11.6 Å². The molecule has 0 amide bonds. The summed E-state index contributed by atoms with van der Waals surface area (Å²) in [4.78, 5) is 1.81. The van der Waals surface area contributed by atoms with E-state index in [2.05, 4.69) is 19.2 Å². The number of anilines is 1. The van der Waals surface area contributed by atoms with E-state index in [-0.39, 0.29) is 16.8 Å². The standard InChI is InChI=1S/C15H20ClF3N2/c1-3-10(2)13-9-21(7-6-20-13)14-5-4-11(16)8-12(14)15(17,18)19/h4-5,8,10,13,20H,3,6-7,9H2,1-2H3. The Balaban J connectivity index is 2.29. The second kappa shape index (κ2) is 6.44. The van der Waals surface area contributed by atoms with E-state index < -0.39 is 11.7 Å². The Morgan fingerprint density at radius 1 is 1.43 bits per heavy atom. The molecule has 1 aliphatic heterocycles. The first-order valence-corrected chi connectivity index (χ1v) is 7.55. The molecule has 1 aromatic rings. The number of nitrogens with one attached hydrogen (secondary N) is 1. The van der Waals surface area contributed by atoms with Crippen LogP contribution in [0.4, 0.5) is 18.9 Å². The number of benzene rings is 1. The van der Waals surface area contributed by atoms with Crippen molar-refractivity contribution in [3.63, 3.8) is 0 Å². The lowest BCUT2D eigenvalue weighted by Crippen LogP contribution is -2.53. The zero-order valence-electron chi connectivity index (χ0n) is 12.2. The monoisotopic (exact) mass is 320 g/mol. The maximum absolute atomic E-state index is 13.2. The molecule has 0 aliphatic carbocycles. The summed E-state index contributed by atoms with van der Waals surface area (Å²) in [6.07, 6.45) is -3.39. The molecule has 0 radical (unpaired) electrons. The third kappa shape index (κ3) is 3.83. The Kier molecular flexibility index (Phi) is 5.04. The van der Waals surface area contributed by atoms with Crippen molar-refractivity contribution >= 4 is 17.3 Å². The highest BCUT2D eigenvalue weighted by molar-refractivity contribution is 6.30. The average molecular weight is 321 g/mol. The third-order valence-corrected chi connectivity index (χ3v) is 4.38. The molecule has 2 unspecified atom stereocenters. The Morgan fingerprint density at radius 2 is 2.14 bits per heavy atom. The van der Waals surface area contributed by atoms with Crippen LogP contribution in [0.3, 0.4) is 0 Å². The number of rotatable bonds is 3. The lowest BCUT2D eigenvalue weighted by atomic mass is 9.96. The van der Waals surface area contributed by atoms with Crippen LogP contribution < -0.4 is 10.2 Å². The molecule has 0 bridgehead atoms. The molecule has 1 aromatic carbocycles. The number of hydrogen-bond donors (Lipinski definition) is 1. The molecule has 1 N–H and O–H groups in total. The van der Waals surface area contributed by atoms with Crippen molar-refractivity contribution in [1.29, 1.82) is 0 Å². The molecule has 1 fully saturated rings. The van der Waals surface area contributed by atoms with E-state index in [0.717, 1.165) is 12.5 Å². The minimum Gasteiger partial charge on any atom is -0.368 e. The summed E-state index contributed by atoms with van der Waals surface area (Å²) in [6.45, 7) is 6.05. The van der Waals surface area contributed by atoms with Gasteiger partial charge < -0.3 is 10.2 Å². The first-order valence-electron chi connectivity index (χ1n) is 7.18. The van der Waals surface area contributed by atoms with Gasteiger partial charge in [-0.2, -0.15) is 13.2 Å². The Bertz CT molecular complexity index is 490. The van der Waals surface area contributed by atoms with Crippen LogP contribution in [0.5, 0.6) is 0 Å². The molecule has 0 saturated carbocycles. The molecule has 1 saturated heterocycles. The zero-order valence-corrected chi connectivity index (χ0v) is 12.9. The summed E-state index contributed by atoms with van der Waals surface area (Å²) in [5, 5.41) is 3.50. The second-order valence-electron chi connectivity index (χ2n) is 5.55. The lowest BCUT2D eigenvalue weighted by Gasteiger charge is -2.38. The first-order chi connectivity index (χ1) is 9.82. The molecule has 0 spiro atoms. The summed E-state index contributed by atoms with van der Waals surface area (Å²) in [7, 11) is 0. The van der Waals surface area contributed by atoms with Crippen LogP contribution in [0.15, 0.2) is 18.2 Å². The molecule has 6 heteroatoms. The second-order valence-corrected chi connectivity index (χ2v) is 5.99. The first kappa shape index (κ1) is 16.4.